The quantitative estimate of drug-likeness (QED) is 0.798. The van der Waals surface area contributed by atoms with Gasteiger partial charge < -0.3 is 10.8 Å². The first-order valence-corrected chi connectivity index (χ1v) is 5.24. The highest BCUT2D eigenvalue weighted by Crippen LogP contribution is 2.17. The van der Waals surface area contributed by atoms with E-state index in [1.54, 1.807) is 10.9 Å². The van der Waals surface area contributed by atoms with Gasteiger partial charge in [0.1, 0.15) is 0 Å². The molecule has 16 heavy (non-hydrogen) atoms. The van der Waals surface area contributed by atoms with Gasteiger partial charge in [0.2, 0.25) is 0 Å². The van der Waals surface area contributed by atoms with E-state index in [-0.39, 0.29) is 12.6 Å². The van der Waals surface area contributed by atoms with Gasteiger partial charge in [-0.15, -0.1) is 0 Å². The highest BCUT2D eigenvalue weighted by Gasteiger charge is 2.04. The van der Waals surface area contributed by atoms with Crippen LogP contribution in [0.25, 0.3) is 11.1 Å². The van der Waals surface area contributed by atoms with Crippen LogP contribution in [-0.4, -0.2) is 27.5 Å². The van der Waals surface area contributed by atoms with Crippen molar-refractivity contribution in [2.75, 3.05) is 6.61 Å². The molecule has 3 N–H and O–H groups in total. The Hall–Kier alpha value is -1.65. The maximum atomic E-state index is 8.85. The maximum absolute atomic E-state index is 8.85. The zero-order valence-electron chi connectivity index (χ0n) is 8.95. The molecule has 0 amide bonds. The second-order valence-electron chi connectivity index (χ2n) is 3.76. The lowest BCUT2D eigenvalue weighted by molar-refractivity contribution is 0.250. The second kappa shape index (κ2) is 4.92. The minimum absolute atomic E-state index is 0.0273. The number of benzene rings is 1. The normalized spacial score (nSPS) is 12.6. The fourth-order valence-electron chi connectivity index (χ4n) is 1.54. The van der Waals surface area contributed by atoms with Crippen LogP contribution in [0.15, 0.2) is 42.7 Å². The molecule has 2 rings (SSSR count). The molecule has 0 bridgehead atoms. The van der Waals surface area contributed by atoms with Crippen LogP contribution in [0.5, 0.6) is 0 Å². The average Bonchev–Trinajstić information content (AvgIpc) is 2.78. The van der Waals surface area contributed by atoms with Crippen LogP contribution in [0.2, 0.25) is 0 Å². The topological polar surface area (TPSA) is 64.1 Å². The molecule has 0 aliphatic heterocycles. The summed E-state index contributed by atoms with van der Waals surface area (Å²) in [6, 6.07) is 9.78. The van der Waals surface area contributed by atoms with E-state index >= 15 is 0 Å². The first-order valence-electron chi connectivity index (χ1n) is 5.24. The van der Waals surface area contributed by atoms with Crippen LogP contribution in [0.4, 0.5) is 0 Å². The van der Waals surface area contributed by atoms with Crippen molar-refractivity contribution in [3.8, 4) is 11.1 Å². The molecular weight excluding hydrogens is 202 g/mol. The van der Waals surface area contributed by atoms with Gasteiger partial charge in [0, 0.05) is 17.8 Å². The monoisotopic (exact) mass is 217 g/mol. The van der Waals surface area contributed by atoms with E-state index < -0.39 is 0 Å². The van der Waals surface area contributed by atoms with Crippen molar-refractivity contribution < 1.29 is 5.11 Å². The number of nitrogens with zero attached hydrogens (tertiary/aromatic N) is 2. The van der Waals surface area contributed by atoms with Gasteiger partial charge in [-0.2, -0.15) is 5.10 Å². The van der Waals surface area contributed by atoms with Crippen molar-refractivity contribution in [3.05, 3.63) is 42.7 Å². The van der Waals surface area contributed by atoms with E-state index in [1.807, 2.05) is 36.5 Å². The Labute approximate surface area is 94.3 Å². The fourth-order valence-corrected chi connectivity index (χ4v) is 1.54. The molecule has 1 heterocycles. The summed E-state index contributed by atoms with van der Waals surface area (Å²) in [6.07, 6.45) is 3.74. The second-order valence-corrected chi connectivity index (χ2v) is 3.76. The molecule has 1 atom stereocenters. The molecule has 84 valence electrons. The molecule has 0 fully saturated rings. The van der Waals surface area contributed by atoms with E-state index in [2.05, 4.69) is 5.10 Å². The number of hydrogen-bond donors (Lipinski definition) is 2. The Balaban J connectivity index is 2.14. The van der Waals surface area contributed by atoms with Gasteiger partial charge in [0.25, 0.3) is 0 Å². The van der Waals surface area contributed by atoms with E-state index in [1.165, 1.54) is 0 Å². The lowest BCUT2D eigenvalue weighted by atomic mass is 10.1. The molecule has 0 aliphatic rings. The number of aliphatic hydroxyl groups excluding tert-OH is 1. The predicted octanol–water partition coefficient (Wildman–Crippen LogP) is 0.870. The van der Waals surface area contributed by atoms with Crippen LogP contribution in [0.3, 0.4) is 0 Å². The molecule has 0 spiro atoms. The summed E-state index contributed by atoms with van der Waals surface area (Å²) in [6.45, 7) is 0.504. The average molecular weight is 217 g/mol. The summed E-state index contributed by atoms with van der Waals surface area (Å²) in [5.74, 6) is 0. The highest BCUT2D eigenvalue weighted by molar-refractivity contribution is 5.61. The minimum Gasteiger partial charge on any atom is -0.395 e. The Morgan fingerprint density at radius 1 is 1.25 bits per heavy atom. The summed E-state index contributed by atoms with van der Waals surface area (Å²) in [7, 11) is 0. The zero-order valence-corrected chi connectivity index (χ0v) is 8.95. The zero-order chi connectivity index (χ0) is 11.4. The number of aromatic nitrogens is 2. The largest absolute Gasteiger partial charge is 0.395 e. The molecule has 1 unspecified atom stereocenters. The molecule has 0 saturated carbocycles. The van der Waals surface area contributed by atoms with Crippen molar-refractivity contribution in [1.82, 2.24) is 9.78 Å². The lowest BCUT2D eigenvalue weighted by Crippen LogP contribution is -2.29. The molecule has 0 aliphatic carbocycles. The molecule has 4 nitrogen and oxygen atoms in total. The third-order valence-corrected chi connectivity index (χ3v) is 2.40. The van der Waals surface area contributed by atoms with Crippen molar-refractivity contribution in [1.29, 1.82) is 0 Å². The van der Waals surface area contributed by atoms with Crippen LogP contribution >= 0.6 is 0 Å². The van der Waals surface area contributed by atoms with Crippen molar-refractivity contribution >= 4 is 0 Å². The smallest absolute Gasteiger partial charge is 0.0600 e. The van der Waals surface area contributed by atoms with Crippen molar-refractivity contribution in [2.45, 2.75) is 12.6 Å². The summed E-state index contributed by atoms with van der Waals surface area (Å²) >= 11 is 0. The van der Waals surface area contributed by atoms with Crippen LogP contribution in [0.1, 0.15) is 0 Å². The molecule has 0 saturated heterocycles. The van der Waals surface area contributed by atoms with Gasteiger partial charge in [0.15, 0.2) is 0 Å². The Kier molecular flexibility index (Phi) is 3.34. The van der Waals surface area contributed by atoms with Gasteiger partial charge in [-0.1, -0.05) is 30.3 Å². The molecular formula is C12H15N3O. The van der Waals surface area contributed by atoms with Gasteiger partial charge in [-0.05, 0) is 5.56 Å². The van der Waals surface area contributed by atoms with Gasteiger partial charge in [0.05, 0.1) is 19.3 Å². The van der Waals surface area contributed by atoms with Gasteiger partial charge in [-0.3, -0.25) is 4.68 Å². The first kappa shape index (κ1) is 10.9. The minimum atomic E-state index is -0.261. The molecule has 1 aromatic heterocycles. The third-order valence-electron chi connectivity index (χ3n) is 2.40. The summed E-state index contributed by atoms with van der Waals surface area (Å²) in [5.41, 5.74) is 7.83. The van der Waals surface area contributed by atoms with E-state index in [0.29, 0.717) is 6.54 Å². The molecule has 0 radical (unpaired) electrons. The Morgan fingerprint density at radius 3 is 2.69 bits per heavy atom. The molecule has 2 aromatic rings. The summed E-state index contributed by atoms with van der Waals surface area (Å²) in [4.78, 5) is 0. The third kappa shape index (κ3) is 2.48. The number of nitrogens with two attached hydrogens (primary N) is 1. The van der Waals surface area contributed by atoms with Crippen LogP contribution in [-0.2, 0) is 6.54 Å². The van der Waals surface area contributed by atoms with E-state index in [0.717, 1.165) is 11.1 Å². The maximum Gasteiger partial charge on any atom is 0.0600 e. The standard InChI is InChI=1S/C12H15N3O/c13-12(9-16)8-15-7-11(6-14-15)10-4-2-1-3-5-10/h1-7,12,16H,8-9,13H2. The molecule has 4 heteroatoms. The highest BCUT2D eigenvalue weighted by atomic mass is 16.3. The summed E-state index contributed by atoms with van der Waals surface area (Å²) in [5, 5.41) is 13.1. The van der Waals surface area contributed by atoms with Crippen molar-refractivity contribution in [3.63, 3.8) is 0 Å². The fraction of sp³-hybridized carbons (Fsp3) is 0.250. The first-order chi connectivity index (χ1) is 7.79. The lowest BCUT2D eigenvalue weighted by Gasteiger charge is -2.06. The summed E-state index contributed by atoms with van der Waals surface area (Å²) < 4.78 is 1.75. The number of rotatable bonds is 4. The number of hydrogen-bond acceptors (Lipinski definition) is 3. The van der Waals surface area contributed by atoms with Crippen LogP contribution < -0.4 is 5.73 Å². The Bertz CT molecular complexity index is 439. The van der Waals surface area contributed by atoms with Gasteiger partial charge in [-0.25, -0.2) is 0 Å². The Morgan fingerprint density at radius 2 is 2.00 bits per heavy atom. The SMILES string of the molecule is NC(CO)Cn1cc(-c2ccccc2)cn1. The van der Waals surface area contributed by atoms with E-state index in [9.17, 15) is 0 Å². The van der Waals surface area contributed by atoms with Gasteiger partial charge >= 0.3 is 0 Å². The van der Waals surface area contributed by atoms with Crippen molar-refractivity contribution in [2.24, 2.45) is 5.73 Å². The predicted molar refractivity (Wildman–Crippen MR) is 62.7 cm³/mol. The van der Waals surface area contributed by atoms with Crippen LogP contribution in [0, 0.1) is 0 Å². The molecule has 1 aromatic carbocycles. The van der Waals surface area contributed by atoms with E-state index in [4.69, 9.17) is 10.8 Å². The number of aliphatic hydroxyl groups is 1.